The molecule has 0 amide bonds. The molecule has 19 heavy (non-hydrogen) atoms. The Balaban J connectivity index is 1.79. The van der Waals surface area contributed by atoms with Crippen LogP contribution in [0, 0.1) is 0 Å². The van der Waals surface area contributed by atoms with Gasteiger partial charge in [-0.2, -0.15) is 0 Å². The van der Waals surface area contributed by atoms with Gasteiger partial charge in [0.2, 0.25) is 0 Å². The van der Waals surface area contributed by atoms with E-state index in [0.717, 1.165) is 36.8 Å². The highest BCUT2D eigenvalue weighted by atomic mass is 32.1. The van der Waals surface area contributed by atoms with Gasteiger partial charge in [0.1, 0.15) is 0 Å². The third kappa shape index (κ3) is 4.47. The molecule has 0 aromatic carbocycles. The minimum absolute atomic E-state index is 0.183. The number of nitrogens with one attached hydrogen (secondary N) is 1. The summed E-state index contributed by atoms with van der Waals surface area (Å²) in [5.74, 6) is -0.183. The largest absolute Gasteiger partial charge is 0.469 e. The van der Waals surface area contributed by atoms with Gasteiger partial charge in [0.15, 0.2) is 5.13 Å². The first kappa shape index (κ1) is 14.3. The molecule has 0 unspecified atom stereocenters. The summed E-state index contributed by atoms with van der Waals surface area (Å²) in [6.07, 6.45) is 3.37. The van der Waals surface area contributed by atoms with Crippen LogP contribution in [0.25, 0.3) is 0 Å². The Morgan fingerprint density at radius 2 is 2.32 bits per heavy atom. The number of aromatic nitrogens is 1. The molecule has 2 rings (SSSR count). The molecule has 1 saturated heterocycles. The summed E-state index contributed by atoms with van der Waals surface area (Å²) in [7, 11) is 3.57. The number of hydrogen-bond acceptors (Lipinski definition) is 6. The fraction of sp³-hybridized carbons (Fsp3) is 0.692. The fourth-order valence-electron chi connectivity index (χ4n) is 2.15. The van der Waals surface area contributed by atoms with Crippen molar-refractivity contribution in [2.75, 3.05) is 32.6 Å². The van der Waals surface area contributed by atoms with Gasteiger partial charge in [-0.15, -0.1) is 11.3 Å². The summed E-state index contributed by atoms with van der Waals surface area (Å²) in [6, 6.07) is 0.524. The topological polar surface area (TPSA) is 54.5 Å². The van der Waals surface area contributed by atoms with Crippen LogP contribution in [-0.2, 0) is 16.0 Å². The van der Waals surface area contributed by atoms with E-state index < -0.39 is 0 Å². The number of carbonyl (C=O) groups is 1. The Bertz CT molecular complexity index is 414. The van der Waals surface area contributed by atoms with Crippen molar-refractivity contribution in [2.24, 2.45) is 0 Å². The maximum atomic E-state index is 11.1. The van der Waals surface area contributed by atoms with Crippen LogP contribution in [0.4, 0.5) is 5.13 Å². The van der Waals surface area contributed by atoms with Gasteiger partial charge in [0.25, 0.3) is 0 Å². The second kappa shape index (κ2) is 6.86. The lowest BCUT2D eigenvalue weighted by Gasteiger charge is -2.29. The highest BCUT2D eigenvalue weighted by Gasteiger charge is 2.17. The molecule has 0 aliphatic carbocycles. The van der Waals surface area contributed by atoms with Crippen LogP contribution in [0.1, 0.15) is 25.0 Å². The van der Waals surface area contributed by atoms with Gasteiger partial charge in [-0.05, 0) is 33.0 Å². The third-order valence-electron chi connectivity index (χ3n) is 3.41. The van der Waals surface area contributed by atoms with Crippen molar-refractivity contribution in [3.8, 4) is 0 Å². The molecule has 1 aromatic rings. The Hall–Kier alpha value is -1.14. The smallest absolute Gasteiger partial charge is 0.305 e. The Morgan fingerprint density at radius 1 is 1.58 bits per heavy atom. The van der Waals surface area contributed by atoms with Crippen molar-refractivity contribution in [3.05, 3.63) is 11.1 Å². The molecule has 1 fully saturated rings. The number of carbonyl (C=O) groups excluding carboxylic acids is 1. The monoisotopic (exact) mass is 283 g/mol. The van der Waals surface area contributed by atoms with E-state index in [2.05, 4.69) is 27.0 Å². The number of rotatable bonds is 5. The van der Waals surface area contributed by atoms with Gasteiger partial charge >= 0.3 is 5.97 Å². The van der Waals surface area contributed by atoms with Crippen molar-refractivity contribution in [1.82, 2.24) is 9.88 Å². The lowest BCUT2D eigenvalue weighted by Crippen LogP contribution is -2.36. The van der Waals surface area contributed by atoms with Gasteiger partial charge in [0, 0.05) is 17.8 Å². The second-order valence-corrected chi connectivity index (χ2v) is 5.80. The molecule has 6 heteroatoms. The maximum absolute atomic E-state index is 11.1. The van der Waals surface area contributed by atoms with Gasteiger partial charge in [-0.3, -0.25) is 4.79 Å². The molecule has 106 valence electrons. The molecular formula is C13H21N3O2S. The predicted octanol–water partition coefficient (Wildman–Crippen LogP) is 1.75. The lowest BCUT2D eigenvalue weighted by atomic mass is 10.1. The highest BCUT2D eigenvalue weighted by Crippen LogP contribution is 2.20. The van der Waals surface area contributed by atoms with Crippen LogP contribution < -0.4 is 5.32 Å². The van der Waals surface area contributed by atoms with Crippen LogP contribution in [0.15, 0.2) is 5.38 Å². The van der Waals surface area contributed by atoms with Gasteiger partial charge < -0.3 is 15.0 Å². The molecule has 1 N–H and O–H groups in total. The SMILES string of the molecule is COC(=O)CCc1csc(NC2CCN(C)CC2)n1. The zero-order valence-corrected chi connectivity index (χ0v) is 12.3. The number of piperidine rings is 1. The number of nitrogens with zero attached hydrogens (tertiary/aromatic N) is 2. The van der Waals surface area contributed by atoms with E-state index in [4.69, 9.17) is 0 Å². The Kier molecular flexibility index (Phi) is 5.15. The molecule has 5 nitrogen and oxygen atoms in total. The number of aryl methyl sites for hydroxylation is 1. The quantitative estimate of drug-likeness (QED) is 0.834. The summed E-state index contributed by atoms with van der Waals surface area (Å²) in [5.41, 5.74) is 0.964. The average Bonchev–Trinajstić information content (AvgIpc) is 2.86. The number of hydrogen-bond donors (Lipinski definition) is 1. The third-order valence-corrected chi connectivity index (χ3v) is 4.23. The Morgan fingerprint density at radius 3 is 3.00 bits per heavy atom. The Labute approximate surface area is 118 Å². The van der Waals surface area contributed by atoms with Crippen LogP contribution in [0.5, 0.6) is 0 Å². The predicted molar refractivity (Wildman–Crippen MR) is 76.6 cm³/mol. The number of ether oxygens (including phenoxy) is 1. The number of esters is 1. The van der Waals surface area contributed by atoms with Crippen molar-refractivity contribution in [1.29, 1.82) is 0 Å². The molecule has 0 atom stereocenters. The first-order valence-electron chi connectivity index (χ1n) is 6.63. The molecule has 0 spiro atoms. The molecule has 0 bridgehead atoms. The summed E-state index contributed by atoms with van der Waals surface area (Å²) in [5, 5.41) is 6.47. The first-order chi connectivity index (χ1) is 9.17. The average molecular weight is 283 g/mol. The summed E-state index contributed by atoms with van der Waals surface area (Å²) < 4.78 is 4.63. The van der Waals surface area contributed by atoms with E-state index in [0.29, 0.717) is 18.9 Å². The normalized spacial score (nSPS) is 17.4. The number of anilines is 1. The number of thiazole rings is 1. The van der Waals surface area contributed by atoms with Gasteiger partial charge in [-0.1, -0.05) is 0 Å². The summed E-state index contributed by atoms with van der Waals surface area (Å²) in [6.45, 7) is 2.27. The zero-order chi connectivity index (χ0) is 13.7. The van der Waals surface area contributed by atoms with E-state index in [1.54, 1.807) is 11.3 Å². The zero-order valence-electron chi connectivity index (χ0n) is 11.5. The summed E-state index contributed by atoms with van der Waals surface area (Å²) >= 11 is 1.62. The molecule has 0 radical (unpaired) electrons. The van der Waals surface area contributed by atoms with Crippen molar-refractivity contribution in [2.45, 2.75) is 31.7 Å². The molecule has 1 aliphatic rings. The molecule has 2 heterocycles. The molecular weight excluding hydrogens is 262 g/mol. The van der Waals surface area contributed by atoms with Crippen LogP contribution >= 0.6 is 11.3 Å². The molecule has 1 aromatic heterocycles. The molecule has 0 saturated carbocycles. The first-order valence-corrected chi connectivity index (χ1v) is 7.51. The van der Waals surface area contributed by atoms with Crippen LogP contribution in [-0.4, -0.2) is 49.1 Å². The number of methoxy groups -OCH3 is 1. The fourth-order valence-corrected chi connectivity index (χ4v) is 2.97. The van der Waals surface area contributed by atoms with Gasteiger partial charge in [0.05, 0.1) is 19.2 Å². The van der Waals surface area contributed by atoms with Crippen LogP contribution in [0.2, 0.25) is 0 Å². The standard InChI is InChI=1S/C13H21N3O2S/c1-16-7-5-10(6-8-16)14-13-15-11(9-19-13)3-4-12(17)18-2/h9-10H,3-8H2,1-2H3,(H,14,15). The maximum Gasteiger partial charge on any atom is 0.305 e. The highest BCUT2D eigenvalue weighted by molar-refractivity contribution is 7.13. The number of likely N-dealkylation sites (tertiary alicyclic amines) is 1. The minimum atomic E-state index is -0.183. The van der Waals surface area contributed by atoms with E-state index in [1.165, 1.54) is 7.11 Å². The van der Waals surface area contributed by atoms with Gasteiger partial charge in [-0.25, -0.2) is 4.98 Å². The lowest BCUT2D eigenvalue weighted by molar-refractivity contribution is -0.140. The van der Waals surface area contributed by atoms with E-state index in [1.807, 2.05) is 5.38 Å². The van der Waals surface area contributed by atoms with Crippen molar-refractivity contribution >= 4 is 22.4 Å². The van der Waals surface area contributed by atoms with E-state index in [-0.39, 0.29) is 5.97 Å². The van der Waals surface area contributed by atoms with Crippen molar-refractivity contribution in [3.63, 3.8) is 0 Å². The van der Waals surface area contributed by atoms with Crippen LogP contribution in [0.3, 0.4) is 0 Å². The minimum Gasteiger partial charge on any atom is -0.469 e. The second-order valence-electron chi connectivity index (χ2n) is 4.94. The molecule has 1 aliphatic heterocycles. The van der Waals surface area contributed by atoms with Crippen molar-refractivity contribution < 1.29 is 9.53 Å². The van der Waals surface area contributed by atoms with E-state index in [9.17, 15) is 4.79 Å². The van der Waals surface area contributed by atoms with E-state index >= 15 is 0 Å². The summed E-state index contributed by atoms with van der Waals surface area (Å²) in [4.78, 5) is 17.9.